The summed E-state index contributed by atoms with van der Waals surface area (Å²) in [5.41, 5.74) is 4.96. The maximum atomic E-state index is 8.91. The van der Waals surface area contributed by atoms with Crippen LogP contribution in [-0.2, 0) is 6.42 Å². The van der Waals surface area contributed by atoms with E-state index in [1.54, 1.807) is 0 Å². The number of aliphatic hydroxyl groups excluding tert-OH is 1. The van der Waals surface area contributed by atoms with Crippen molar-refractivity contribution in [2.24, 2.45) is 0 Å². The maximum absolute atomic E-state index is 8.91. The smallest absolute Gasteiger partial charge is 0.138 e. The van der Waals surface area contributed by atoms with Crippen molar-refractivity contribution in [3.63, 3.8) is 0 Å². The molecule has 0 fully saturated rings. The zero-order valence-corrected chi connectivity index (χ0v) is 12.0. The van der Waals surface area contributed by atoms with Gasteiger partial charge in [-0.25, -0.2) is 9.97 Å². The molecule has 4 rings (SSSR count). The van der Waals surface area contributed by atoms with Crippen LogP contribution in [0, 0.1) is 0 Å². The molecule has 22 heavy (non-hydrogen) atoms. The Bertz CT molecular complexity index is 905. The van der Waals surface area contributed by atoms with E-state index in [4.69, 9.17) is 5.11 Å². The van der Waals surface area contributed by atoms with E-state index in [0.29, 0.717) is 0 Å². The van der Waals surface area contributed by atoms with Crippen LogP contribution in [0.3, 0.4) is 0 Å². The van der Waals surface area contributed by atoms with Crippen LogP contribution in [-0.4, -0.2) is 31.6 Å². The molecule has 0 saturated heterocycles. The minimum Gasteiger partial charge on any atom is -0.396 e. The molecule has 110 valence electrons. The molecule has 0 aliphatic rings. The lowest BCUT2D eigenvalue weighted by Crippen LogP contribution is -1.90. The highest BCUT2D eigenvalue weighted by molar-refractivity contribution is 5.84. The lowest BCUT2D eigenvalue weighted by Gasteiger charge is -1.96. The molecular weight excluding hydrogens is 276 g/mol. The second-order valence-corrected chi connectivity index (χ2v) is 5.35. The summed E-state index contributed by atoms with van der Waals surface area (Å²) in [5.74, 6) is 1.76. The summed E-state index contributed by atoms with van der Waals surface area (Å²) in [6.45, 7) is 0.182. The predicted octanol–water partition coefficient (Wildman–Crippen LogP) is 3.03. The number of imidazole rings is 2. The largest absolute Gasteiger partial charge is 0.396 e. The molecule has 2 aromatic carbocycles. The van der Waals surface area contributed by atoms with Gasteiger partial charge in [-0.05, 0) is 36.8 Å². The normalized spacial score (nSPS) is 11.5. The first-order valence-corrected chi connectivity index (χ1v) is 7.38. The summed E-state index contributed by atoms with van der Waals surface area (Å²) in [6, 6.07) is 14.1. The molecule has 0 amide bonds. The van der Waals surface area contributed by atoms with Crippen LogP contribution in [0.5, 0.6) is 0 Å². The second kappa shape index (κ2) is 5.27. The van der Waals surface area contributed by atoms with Gasteiger partial charge in [-0.2, -0.15) is 0 Å². The molecule has 2 aromatic heterocycles. The number of aryl methyl sites for hydroxylation is 1. The Morgan fingerprint density at radius 2 is 1.77 bits per heavy atom. The minimum absolute atomic E-state index is 0.182. The summed E-state index contributed by atoms with van der Waals surface area (Å²) in [7, 11) is 0. The highest BCUT2D eigenvalue weighted by Gasteiger charge is 2.08. The van der Waals surface area contributed by atoms with Gasteiger partial charge in [-0.1, -0.05) is 12.1 Å². The van der Waals surface area contributed by atoms with Gasteiger partial charge in [0.05, 0.1) is 22.1 Å². The maximum Gasteiger partial charge on any atom is 0.138 e. The van der Waals surface area contributed by atoms with Crippen LogP contribution in [0.2, 0.25) is 0 Å². The van der Waals surface area contributed by atoms with E-state index < -0.39 is 0 Å². The highest BCUT2D eigenvalue weighted by Crippen LogP contribution is 2.23. The van der Waals surface area contributed by atoms with Gasteiger partial charge in [0, 0.05) is 18.6 Å². The van der Waals surface area contributed by atoms with Gasteiger partial charge < -0.3 is 15.1 Å². The van der Waals surface area contributed by atoms with E-state index in [2.05, 4.69) is 26.0 Å². The third-order valence-electron chi connectivity index (χ3n) is 3.77. The molecule has 0 unspecified atom stereocenters. The number of para-hydroxylation sites is 2. The van der Waals surface area contributed by atoms with E-state index in [0.717, 1.165) is 52.1 Å². The van der Waals surface area contributed by atoms with Crippen molar-refractivity contribution in [1.29, 1.82) is 0 Å². The first kappa shape index (κ1) is 13.0. The lowest BCUT2D eigenvalue weighted by molar-refractivity contribution is 0.287. The van der Waals surface area contributed by atoms with Crippen molar-refractivity contribution in [3.05, 3.63) is 48.3 Å². The number of H-pyrrole nitrogens is 2. The average Bonchev–Trinajstić information content (AvgIpc) is 3.15. The molecule has 4 aromatic rings. The molecule has 0 atom stereocenters. The zero-order chi connectivity index (χ0) is 14.9. The van der Waals surface area contributed by atoms with Crippen molar-refractivity contribution in [3.8, 4) is 11.4 Å². The van der Waals surface area contributed by atoms with Crippen LogP contribution < -0.4 is 0 Å². The van der Waals surface area contributed by atoms with E-state index in [1.165, 1.54) is 0 Å². The molecule has 0 saturated carbocycles. The number of nitrogens with one attached hydrogen (secondary N) is 2. The Labute approximate surface area is 127 Å². The van der Waals surface area contributed by atoms with Gasteiger partial charge >= 0.3 is 0 Å². The van der Waals surface area contributed by atoms with Gasteiger partial charge in [0.25, 0.3) is 0 Å². The summed E-state index contributed by atoms with van der Waals surface area (Å²) in [4.78, 5) is 15.8. The highest BCUT2D eigenvalue weighted by atomic mass is 16.2. The number of benzene rings is 2. The number of fused-ring (bicyclic) bond motifs is 2. The van der Waals surface area contributed by atoms with Gasteiger partial charge in [0.15, 0.2) is 0 Å². The first-order chi connectivity index (χ1) is 10.8. The number of hydrogen-bond donors (Lipinski definition) is 3. The van der Waals surface area contributed by atoms with Gasteiger partial charge in [0.1, 0.15) is 11.6 Å². The monoisotopic (exact) mass is 292 g/mol. The lowest BCUT2D eigenvalue weighted by atomic mass is 10.2. The van der Waals surface area contributed by atoms with E-state index >= 15 is 0 Å². The van der Waals surface area contributed by atoms with Crippen LogP contribution in [0.4, 0.5) is 0 Å². The second-order valence-electron chi connectivity index (χ2n) is 5.35. The summed E-state index contributed by atoms with van der Waals surface area (Å²) >= 11 is 0. The fourth-order valence-corrected chi connectivity index (χ4v) is 2.66. The quantitative estimate of drug-likeness (QED) is 0.541. The molecule has 0 aliphatic heterocycles. The third kappa shape index (κ3) is 2.25. The summed E-state index contributed by atoms with van der Waals surface area (Å²) < 4.78 is 0. The van der Waals surface area contributed by atoms with E-state index in [1.807, 2.05) is 36.4 Å². The SMILES string of the molecule is OCCCc1nc2ccc(-c3nc4ccccc4[nH]3)cc2[nH]1. The molecule has 0 bridgehead atoms. The van der Waals surface area contributed by atoms with Crippen molar-refractivity contribution in [2.45, 2.75) is 12.8 Å². The van der Waals surface area contributed by atoms with Crippen molar-refractivity contribution in [2.75, 3.05) is 6.61 Å². The fourth-order valence-electron chi connectivity index (χ4n) is 2.66. The van der Waals surface area contributed by atoms with Gasteiger partial charge in [-0.3, -0.25) is 0 Å². The molecular formula is C17H16N4O. The van der Waals surface area contributed by atoms with Crippen LogP contribution >= 0.6 is 0 Å². The zero-order valence-electron chi connectivity index (χ0n) is 12.0. The fraction of sp³-hybridized carbons (Fsp3) is 0.176. The Balaban J connectivity index is 1.74. The van der Waals surface area contributed by atoms with Crippen LogP contribution in [0.1, 0.15) is 12.2 Å². The Kier molecular flexibility index (Phi) is 3.12. The first-order valence-electron chi connectivity index (χ1n) is 7.38. The standard InChI is InChI=1S/C17H16N4O/c22-9-3-6-16-18-14-8-7-11(10-15(14)19-16)17-20-12-4-1-2-5-13(12)21-17/h1-2,4-5,7-8,10,22H,3,6,9H2,(H,18,19)(H,20,21). The van der Waals surface area contributed by atoms with Gasteiger partial charge in [0.2, 0.25) is 0 Å². The molecule has 0 spiro atoms. The van der Waals surface area contributed by atoms with Crippen molar-refractivity contribution < 1.29 is 5.11 Å². The number of nitrogens with zero attached hydrogens (tertiary/aromatic N) is 2. The minimum atomic E-state index is 0.182. The average molecular weight is 292 g/mol. The predicted molar refractivity (Wildman–Crippen MR) is 86.6 cm³/mol. The Hall–Kier alpha value is -2.66. The number of rotatable bonds is 4. The van der Waals surface area contributed by atoms with Crippen LogP contribution in [0.15, 0.2) is 42.5 Å². The van der Waals surface area contributed by atoms with E-state index in [-0.39, 0.29) is 6.61 Å². The number of aromatic amines is 2. The number of aromatic nitrogens is 4. The topological polar surface area (TPSA) is 77.6 Å². The van der Waals surface area contributed by atoms with Crippen LogP contribution in [0.25, 0.3) is 33.5 Å². The molecule has 5 heteroatoms. The van der Waals surface area contributed by atoms with Crippen molar-refractivity contribution in [1.82, 2.24) is 19.9 Å². The van der Waals surface area contributed by atoms with E-state index in [9.17, 15) is 0 Å². The number of aliphatic hydroxyl groups is 1. The molecule has 0 radical (unpaired) electrons. The molecule has 0 aliphatic carbocycles. The number of hydrogen-bond acceptors (Lipinski definition) is 3. The molecule has 3 N–H and O–H groups in total. The Morgan fingerprint density at radius 1 is 0.909 bits per heavy atom. The third-order valence-corrected chi connectivity index (χ3v) is 3.77. The molecule has 5 nitrogen and oxygen atoms in total. The summed E-state index contributed by atoms with van der Waals surface area (Å²) in [6.07, 6.45) is 1.47. The molecule has 2 heterocycles. The summed E-state index contributed by atoms with van der Waals surface area (Å²) in [5, 5.41) is 8.91. The Morgan fingerprint density at radius 3 is 2.64 bits per heavy atom. The van der Waals surface area contributed by atoms with Gasteiger partial charge in [-0.15, -0.1) is 0 Å². The van der Waals surface area contributed by atoms with Crippen molar-refractivity contribution >= 4 is 22.1 Å².